The van der Waals surface area contributed by atoms with Gasteiger partial charge >= 0.3 is 0 Å². The Morgan fingerprint density at radius 3 is 2.70 bits per heavy atom. The fourth-order valence-corrected chi connectivity index (χ4v) is 5.73. The molecule has 1 amide bonds. The zero-order valence-electron chi connectivity index (χ0n) is 20.2. The average Bonchev–Trinajstić information content (AvgIpc) is 3.17. The summed E-state index contributed by atoms with van der Waals surface area (Å²) in [7, 11) is 0. The van der Waals surface area contributed by atoms with Gasteiger partial charge in [0, 0.05) is 24.7 Å². The van der Waals surface area contributed by atoms with Crippen LogP contribution in [-0.2, 0) is 10.3 Å². The highest BCUT2D eigenvalue weighted by atomic mass is 32.2. The Morgan fingerprint density at radius 2 is 2.08 bits per heavy atom. The van der Waals surface area contributed by atoms with E-state index in [1.165, 1.54) is 42.6 Å². The summed E-state index contributed by atoms with van der Waals surface area (Å²) in [4.78, 5) is 22.6. The molecule has 0 saturated carbocycles. The molecule has 1 aromatic heterocycles. The van der Waals surface area contributed by atoms with Gasteiger partial charge in [-0.25, -0.2) is 17.6 Å². The van der Waals surface area contributed by atoms with E-state index in [1.54, 1.807) is 13.8 Å². The Hall–Kier alpha value is -3.39. The summed E-state index contributed by atoms with van der Waals surface area (Å²) in [6.07, 6.45) is 2.30. The number of hydrogen-bond acceptors (Lipinski definition) is 6. The van der Waals surface area contributed by atoms with Gasteiger partial charge in [-0.3, -0.25) is 14.8 Å². The molecule has 0 radical (unpaired) electrons. The molecule has 2 aliphatic heterocycles. The summed E-state index contributed by atoms with van der Waals surface area (Å²) in [5.41, 5.74) is 5.76. The van der Waals surface area contributed by atoms with Gasteiger partial charge in [-0.2, -0.15) is 5.26 Å². The number of pyridine rings is 1. The molecule has 3 heterocycles. The standard InChI is InChI=1S/C26H25F4N5OS/c1-15-9-22(23(36)35-8-7-26(29,30)14-35)37-24(32)34-25(15,2)18-10-16(3-5-19(18)27)11-20(28)21-6-4-17(12-31)13-33-21/h3-6,10-11,13,15,22H,7-9,14H2,1-2H3,(H2,32,34)/b20-11-/t15-,22+,25-/m0/s1. The first-order valence-electron chi connectivity index (χ1n) is 11.6. The Labute approximate surface area is 216 Å². The molecule has 2 aromatic rings. The van der Waals surface area contributed by atoms with E-state index in [0.717, 1.165) is 16.7 Å². The number of hydrogen-bond donors (Lipinski definition) is 1. The van der Waals surface area contributed by atoms with Crippen LogP contribution in [0.15, 0.2) is 41.5 Å². The quantitative estimate of drug-likeness (QED) is 0.554. The predicted molar refractivity (Wildman–Crippen MR) is 135 cm³/mol. The summed E-state index contributed by atoms with van der Waals surface area (Å²) >= 11 is 0.990. The van der Waals surface area contributed by atoms with Gasteiger partial charge in [-0.05, 0) is 55.2 Å². The van der Waals surface area contributed by atoms with Crippen molar-refractivity contribution in [3.05, 3.63) is 64.7 Å². The highest BCUT2D eigenvalue weighted by Gasteiger charge is 2.45. The predicted octanol–water partition coefficient (Wildman–Crippen LogP) is 5.10. The maximum absolute atomic E-state index is 15.1. The van der Waals surface area contributed by atoms with Crippen LogP contribution >= 0.6 is 11.8 Å². The highest BCUT2D eigenvalue weighted by Crippen LogP contribution is 2.43. The lowest BCUT2D eigenvalue weighted by Crippen LogP contribution is -2.39. The molecule has 1 fully saturated rings. The van der Waals surface area contributed by atoms with Crippen LogP contribution in [0.4, 0.5) is 17.6 Å². The van der Waals surface area contributed by atoms with Crippen LogP contribution in [0.3, 0.4) is 0 Å². The second-order valence-electron chi connectivity index (χ2n) is 9.48. The van der Waals surface area contributed by atoms with Gasteiger partial charge in [0.25, 0.3) is 5.92 Å². The summed E-state index contributed by atoms with van der Waals surface area (Å²) < 4.78 is 57.3. The number of amides is 1. The van der Waals surface area contributed by atoms with Gasteiger partial charge in [0.1, 0.15) is 17.7 Å². The number of benzene rings is 1. The van der Waals surface area contributed by atoms with Crippen molar-refractivity contribution in [1.82, 2.24) is 9.88 Å². The van der Waals surface area contributed by atoms with Crippen molar-refractivity contribution in [2.45, 2.75) is 43.4 Å². The van der Waals surface area contributed by atoms with E-state index in [-0.39, 0.29) is 35.8 Å². The number of amidine groups is 1. The summed E-state index contributed by atoms with van der Waals surface area (Å²) in [5, 5.41) is 8.19. The third-order valence-electron chi connectivity index (χ3n) is 6.86. The number of nitriles is 1. The first-order chi connectivity index (χ1) is 17.4. The lowest BCUT2D eigenvalue weighted by Gasteiger charge is -2.33. The fourth-order valence-electron chi connectivity index (χ4n) is 4.56. The molecule has 2 aliphatic rings. The lowest BCUT2D eigenvalue weighted by atomic mass is 9.78. The number of nitrogens with zero attached hydrogens (tertiary/aromatic N) is 4. The Kier molecular flexibility index (Phi) is 7.33. The summed E-state index contributed by atoms with van der Waals surface area (Å²) in [6.45, 7) is 2.82. The van der Waals surface area contributed by atoms with Crippen LogP contribution in [0, 0.1) is 23.1 Å². The monoisotopic (exact) mass is 531 g/mol. The van der Waals surface area contributed by atoms with Crippen molar-refractivity contribution < 1.29 is 22.4 Å². The van der Waals surface area contributed by atoms with Crippen LogP contribution in [0.5, 0.6) is 0 Å². The zero-order valence-corrected chi connectivity index (χ0v) is 21.0. The molecule has 1 aromatic carbocycles. The van der Waals surface area contributed by atoms with Crippen molar-refractivity contribution >= 4 is 34.7 Å². The van der Waals surface area contributed by atoms with E-state index < -0.39 is 46.7 Å². The van der Waals surface area contributed by atoms with Crippen molar-refractivity contribution in [2.75, 3.05) is 13.1 Å². The van der Waals surface area contributed by atoms with Crippen LogP contribution < -0.4 is 5.73 Å². The van der Waals surface area contributed by atoms with Gasteiger partial charge in [0.05, 0.1) is 28.6 Å². The first kappa shape index (κ1) is 26.7. The average molecular weight is 532 g/mol. The number of rotatable bonds is 4. The van der Waals surface area contributed by atoms with E-state index in [0.29, 0.717) is 11.1 Å². The van der Waals surface area contributed by atoms with Crippen LogP contribution in [0.1, 0.15) is 49.1 Å². The number of alkyl halides is 2. The molecule has 0 aliphatic carbocycles. The van der Waals surface area contributed by atoms with Crippen molar-refractivity contribution in [2.24, 2.45) is 16.6 Å². The molecule has 37 heavy (non-hydrogen) atoms. The number of thioether (sulfide) groups is 1. The minimum Gasteiger partial charge on any atom is -0.378 e. The van der Waals surface area contributed by atoms with Gasteiger partial charge in [0.15, 0.2) is 5.17 Å². The number of halogens is 4. The number of carbonyl (C=O) groups excluding carboxylic acids is 1. The number of likely N-dealkylation sites (tertiary alicyclic amines) is 1. The number of nitrogens with two attached hydrogens (primary N) is 1. The topological polar surface area (TPSA) is 95.4 Å². The van der Waals surface area contributed by atoms with E-state index in [4.69, 9.17) is 11.0 Å². The molecule has 4 rings (SSSR count). The largest absolute Gasteiger partial charge is 0.378 e. The minimum atomic E-state index is -2.91. The normalized spacial score (nSPS) is 25.8. The van der Waals surface area contributed by atoms with Crippen molar-refractivity contribution in [1.29, 1.82) is 5.26 Å². The molecule has 0 unspecified atom stereocenters. The van der Waals surface area contributed by atoms with Crippen molar-refractivity contribution in [3.63, 3.8) is 0 Å². The van der Waals surface area contributed by atoms with Crippen LogP contribution in [0.25, 0.3) is 11.9 Å². The number of aromatic nitrogens is 1. The smallest absolute Gasteiger partial charge is 0.267 e. The Bertz CT molecular complexity index is 1310. The summed E-state index contributed by atoms with van der Waals surface area (Å²) in [5.74, 6) is -5.01. The molecule has 0 spiro atoms. The van der Waals surface area contributed by atoms with Gasteiger partial charge < -0.3 is 10.6 Å². The Morgan fingerprint density at radius 1 is 1.32 bits per heavy atom. The zero-order chi connectivity index (χ0) is 27.0. The van der Waals surface area contributed by atoms with Gasteiger partial charge in [0.2, 0.25) is 5.91 Å². The molecular formula is C26H25F4N5OS. The van der Waals surface area contributed by atoms with E-state index >= 15 is 4.39 Å². The summed E-state index contributed by atoms with van der Waals surface area (Å²) in [6, 6.07) is 8.82. The molecule has 194 valence electrons. The van der Waals surface area contributed by atoms with Crippen molar-refractivity contribution in [3.8, 4) is 6.07 Å². The number of aliphatic imine (C=N–C) groups is 1. The second-order valence-corrected chi connectivity index (χ2v) is 10.7. The molecular weight excluding hydrogens is 506 g/mol. The maximum Gasteiger partial charge on any atom is 0.267 e. The maximum atomic E-state index is 15.1. The molecule has 0 bridgehead atoms. The SMILES string of the molecule is C[C@H]1C[C@H](C(=O)N2CCC(F)(F)C2)SC(N)=N[C@]1(C)c1cc(/C=C(\F)c2ccc(C#N)cn2)ccc1F. The molecule has 11 heteroatoms. The van der Waals surface area contributed by atoms with E-state index in [2.05, 4.69) is 9.98 Å². The minimum absolute atomic E-state index is 0.0198. The van der Waals surface area contributed by atoms with E-state index in [9.17, 15) is 18.0 Å². The van der Waals surface area contributed by atoms with Gasteiger partial charge in [-0.15, -0.1) is 0 Å². The fraction of sp³-hybridized carbons (Fsp3) is 0.385. The van der Waals surface area contributed by atoms with Crippen LogP contribution in [0.2, 0.25) is 0 Å². The van der Waals surface area contributed by atoms with E-state index in [1.807, 2.05) is 6.07 Å². The Balaban J connectivity index is 1.62. The highest BCUT2D eigenvalue weighted by molar-refractivity contribution is 8.14. The number of carbonyl (C=O) groups is 1. The molecule has 6 nitrogen and oxygen atoms in total. The molecule has 2 N–H and O–H groups in total. The first-order valence-corrected chi connectivity index (χ1v) is 12.5. The molecule has 1 saturated heterocycles. The van der Waals surface area contributed by atoms with Gasteiger partial charge in [-0.1, -0.05) is 24.8 Å². The second kappa shape index (κ2) is 10.2. The third kappa shape index (κ3) is 5.64. The van der Waals surface area contributed by atoms with Crippen LogP contribution in [-0.4, -0.2) is 45.2 Å². The molecule has 3 atom stereocenters. The third-order valence-corrected chi connectivity index (χ3v) is 7.87. The lowest BCUT2D eigenvalue weighted by molar-refractivity contribution is -0.131.